The largest absolute Gasteiger partial charge is 0.350 e. The highest BCUT2D eigenvalue weighted by atomic mass is 19.1. The zero-order valence-electron chi connectivity index (χ0n) is 11.9. The third-order valence-corrected chi connectivity index (χ3v) is 3.42. The molecule has 0 radical (unpaired) electrons. The fourth-order valence-corrected chi connectivity index (χ4v) is 2.42. The van der Waals surface area contributed by atoms with Gasteiger partial charge in [0.05, 0.1) is 0 Å². The van der Waals surface area contributed by atoms with Gasteiger partial charge in [0, 0.05) is 25.7 Å². The quantitative estimate of drug-likeness (QED) is 0.779. The van der Waals surface area contributed by atoms with Crippen LogP contribution >= 0.6 is 0 Å². The van der Waals surface area contributed by atoms with Gasteiger partial charge in [0.1, 0.15) is 5.82 Å². The van der Waals surface area contributed by atoms with Crippen LogP contribution in [0.3, 0.4) is 0 Å². The van der Waals surface area contributed by atoms with Crippen molar-refractivity contribution in [3.05, 3.63) is 24.1 Å². The Hall–Kier alpha value is -1.72. The van der Waals surface area contributed by atoms with E-state index in [9.17, 15) is 13.6 Å². The Kier molecular flexibility index (Phi) is 3.92. The van der Waals surface area contributed by atoms with E-state index in [0.29, 0.717) is 25.5 Å². The molecule has 1 aliphatic rings. The standard InChI is InChI=1S/C14H19F2N3O/c1-10-9-18(13(20)14(2,3)16)7-8-19(10)12-6-4-5-11(15)17-12/h4-6,10H,7-9H2,1-3H3. The summed E-state index contributed by atoms with van der Waals surface area (Å²) in [6.07, 6.45) is 0. The number of hydrogen-bond acceptors (Lipinski definition) is 3. The highest BCUT2D eigenvalue weighted by molar-refractivity contribution is 5.84. The first-order valence-corrected chi connectivity index (χ1v) is 6.66. The molecule has 1 aromatic heterocycles. The number of alkyl halides is 1. The number of pyridine rings is 1. The molecule has 1 aliphatic heterocycles. The average Bonchev–Trinajstić information content (AvgIpc) is 2.36. The molecule has 1 atom stereocenters. The number of halogens is 2. The molecule has 0 aromatic carbocycles. The van der Waals surface area contributed by atoms with Gasteiger partial charge in [-0.3, -0.25) is 4.79 Å². The zero-order chi connectivity index (χ0) is 14.9. The van der Waals surface area contributed by atoms with Gasteiger partial charge in [-0.15, -0.1) is 0 Å². The molecule has 2 heterocycles. The van der Waals surface area contributed by atoms with Gasteiger partial charge in [-0.1, -0.05) is 6.07 Å². The maximum atomic E-state index is 13.7. The number of piperazine rings is 1. The Labute approximate surface area is 117 Å². The first-order valence-electron chi connectivity index (χ1n) is 6.66. The zero-order valence-corrected chi connectivity index (χ0v) is 11.9. The maximum Gasteiger partial charge on any atom is 0.259 e. The summed E-state index contributed by atoms with van der Waals surface area (Å²) in [5, 5.41) is 0. The average molecular weight is 283 g/mol. The van der Waals surface area contributed by atoms with Crippen LogP contribution in [-0.2, 0) is 4.79 Å². The molecule has 0 aliphatic carbocycles. The second kappa shape index (κ2) is 5.34. The van der Waals surface area contributed by atoms with E-state index in [1.165, 1.54) is 24.8 Å². The number of hydrogen-bond donors (Lipinski definition) is 0. The highest BCUT2D eigenvalue weighted by Gasteiger charge is 2.35. The number of rotatable bonds is 2. The normalized spacial score (nSPS) is 20.1. The van der Waals surface area contributed by atoms with Gasteiger partial charge in [0.2, 0.25) is 5.95 Å². The minimum atomic E-state index is -1.86. The number of aromatic nitrogens is 1. The topological polar surface area (TPSA) is 36.4 Å². The highest BCUT2D eigenvalue weighted by Crippen LogP contribution is 2.21. The van der Waals surface area contributed by atoms with Crippen LogP contribution in [-0.4, -0.2) is 47.1 Å². The van der Waals surface area contributed by atoms with Crippen LogP contribution in [0.15, 0.2) is 18.2 Å². The molecule has 4 nitrogen and oxygen atoms in total. The van der Waals surface area contributed by atoms with Crippen LogP contribution in [0.5, 0.6) is 0 Å². The van der Waals surface area contributed by atoms with Crippen molar-refractivity contribution in [2.75, 3.05) is 24.5 Å². The van der Waals surface area contributed by atoms with Crippen molar-refractivity contribution in [3.63, 3.8) is 0 Å². The predicted molar refractivity (Wildman–Crippen MR) is 72.8 cm³/mol. The van der Waals surface area contributed by atoms with Crippen LogP contribution in [0, 0.1) is 5.95 Å². The van der Waals surface area contributed by atoms with Crippen molar-refractivity contribution in [2.24, 2.45) is 0 Å². The molecular weight excluding hydrogens is 264 g/mol. The monoisotopic (exact) mass is 283 g/mol. The van der Waals surface area contributed by atoms with Crippen molar-refractivity contribution in [1.82, 2.24) is 9.88 Å². The molecule has 1 saturated heterocycles. The molecule has 1 aromatic rings. The van der Waals surface area contributed by atoms with Crippen molar-refractivity contribution in [2.45, 2.75) is 32.5 Å². The van der Waals surface area contributed by atoms with E-state index in [-0.39, 0.29) is 6.04 Å². The fourth-order valence-electron chi connectivity index (χ4n) is 2.42. The lowest BCUT2D eigenvalue weighted by Crippen LogP contribution is -2.57. The fraction of sp³-hybridized carbons (Fsp3) is 0.571. The molecule has 0 bridgehead atoms. The van der Waals surface area contributed by atoms with Crippen LogP contribution < -0.4 is 4.90 Å². The first-order chi connectivity index (χ1) is 9.29. The Bertz CT molecular complexity index is 501. The summed E-state index contributed by atoms with van der Waals surface area (Å²) < 4.78 is 26.9. The number of nitrogens with zero attached hydrogens (tertiary/aromatic N) is 3. The van der Waals surface area contributed by atoms with Gasteiger partial charge in [-0.05, 0) is 32.9 Å². The first kappa shape index (κ1) is 14.7. The molecular formula is C14H19F2N3O. The SMILES string of the molecule is CC1CN(C(=O)C(C)(C)F)CCN1c1cccc(F)n1. The third-order valence-electron chi connectivity index (χ3n) is 3.42. The van der Waals surface area contributed by atoms with Gasteiger partial charge in [-0.25, -0.2) is 9.37 Å². The molecule has 20 heavy (non-hydrogen) atoms. The molecule has 0 spiro atoms. The Morgan fingerprint density at radius 1 is 1.40 bits per heavy atom. The molecule has 1 fully saturated rings. The number of anilines is 1. The summed E-state index contributed by atoms with van der Waals surface area (Å²) in [5.74, 6) is -0.488. The summed E-state index contributed by atoms with van der Waals surface area (Å²) in [6.45, 7) is 5.77. The van der Waals surface area contributed by atoms with Crippen LogP contribution in [0.25, 0.3) is 0 Å². The van der Waals surface area contributed by atoms with Crippen molar-refractivity contribution >= 4 is 11.7 Å². The van der Waals surface area contributed by atoms with Gasteiger partial charge < -0.3 is 9.80 Å². The maximum absolute atomic E-state index is 13.7. The smallest absolute Gasteiger partial charge is 0.259 e. The number of carbonyl (C=O) groups is 1. The van der Waals surface area contributed by atoms with E-state index in [0.717, 1.165) is 0 Å². The minimum absolute atomic E-state index is 0.0376. The minimum Gasteiger partial charge on any atom is -0.350 e. The lowest BCUT2D eigenvalue weighted by atomic mass is 10.1. The van der Waals surface area contributed by atoms with Gasteiger partial charge in [-0.2, -0.15) is 4.39 Å². The van der Waals surface area contributed by atoms with E-state index < -0.39 is 17.5 Å². The van der Waals surface area contributed by atoms with Gasteiger partial charge in [0.25, 0.3) is 5.91 Å². The molecule has 1 amide bonds. The van der Waals surface area contributed by atoms with E-state index >= 15 is 0 Å². The Morgan fingerprint density at radius 2 is 2.10 bits per heavy atom. The number of amides is 1. The summed E-state index contributed by atoms with van der Waals surface area (Å²) in [6, 6.07) is 4.59. The molecule has 0 N–H and O–H groups in total. The van der Waals surface area contributed by atoms with Crippen LogP contribution in [0.1, 0.15) is 20.8 Å². The molecule has 2 rings (SSSR count). The Morgan fingerprint density at radius 3 is 2.65 bits per heavy atom. The van der Waals surface area contributed by atoms with Crippen molar-refractivity contribution < 1.29 is 13.6 Å². The van der Waals surface area contributed by atoms with Crippen LogP contribution in [0.2, 0.25) is 0 Å². The molecule has 1 unspecified atom stereocenters. The van der Waals surface area contributed by atoms with E-state index in [1.807, 2.05) is 11.8 Å². The lowest BCUT2D eigenvalue weighted by Gasteiger charge is -2.41. The molecule has 110 valence electrons. The third kappa shape index (κ3) is 3.05. The van der Waals surface area contributed by atoms with Crippen molar-refractivity contribution in [1.29, 1.82) is 0 Å². The lowest BCUT2D eigenvalue weighted by molar-refractivity contribution is -0.142. The summed E-state index contributed by atoms with van der Waals surface area (Å²) in [4.78, 5) is 19.2. The van der Waals surface area contributed by atoms with E-state index in [2.05, 4.69) is 4.98 Å². The summed E-state index contributed by atoms with van der Waals surface area (Å²) >= 11 is 0. The second-order valence-corrected chi connectivity index (χ2v) is 5.58. The van der Waals surface area contributed by atoms with Gasteiger partial charge in [0.15, 0.2) is 5.67 Å². The molecule has 6 heteroatoms. The van der Waals surface area contributed by atoms with E-state index in [4.69, 9.17) is 0 Å². The van der Waals surface area contributed by atoms with Gasteiger partial charge >= 0.3 is 0 Å². The van der Waals surface area contributed by atoms with E-state index in [1.54, 1.807) is 12.1 Å². The molecule has 0 saturated carbocycles. The van der Waals surface area contributed by atoms with Crippen LogP contribution in [0.4, 0.5) is 14.6 Å². The number of carbonyl (C=O) groups excluding carboxylic acids is 1. The predicted octanol–water partition coefficient (Wildman–Crippen LogP) is 2.01. The Balaban J connectivity index is 2.08. The summed E-state index contributed by atoms with van der Waals surface area (Å²) in [5.41, 5.74) is -1.86. The van der Waals surface area contributed by atoms with Crippen molar-refractivity contribution in [3.8, 4) is 0 Å². The second-order valence-electron chi connectivity index (χ2n) is 5.58. The summed E-state index contributed by atoms with van der Waals surface area (Å²) in [7, 11) is 0.